The van der Waals surface area contributed by atoms with Gasteiger partial charge in [0.2, 0.25) is 0 Å². The van der Waals surface area contributed by atoms with Crippen LogP contribution in [-0.2, 0) is 0 Å². The van der Waals surface area contributed by atoms with E-state index < -0.39 is 0 Å². The predicted octanol–water partition coefficient (Wildman–Crippen LogP) is 1.67. The Hall–Kier alpha value is -2.19. The van der Waals surface area contributed by atoms with Crippen LogP contribution < -0.4 is 10.6 Å². The molecule has 0 saturated carbocycles. The van der Waals surface area contributed by atoms with Crippen LogP contribution in [0.25, 0.3) is 10.9 Å². The van der Waals surface area contributed by atoms with Crippen LogP contribution in [0.1, 0.15) is 18.5 Å². The highest BCUT2D eigenvalue weighted by atomic mass is 15.1. The van der Waals surface area contributed by atoms with Crippen molar-refractivity contribution in [3.05, 3.63) is 30.0 Å². The van der Waals surface area contributed by atoms with Crippen LogP contribution in [0.5, 0.6) is 0 Å². The third-order valence-electron chi connectivity index (χ3n) is 3.46. The zero-order valence-corrected chi connectivity index (χ0v) is 10.6. The second-order valence-electron chi connectivity index (χ2n) is 4.72. The number of rotatable bonds is 2. The van der Waals surface area contributed by atoms with E-state index in [2.05, 4.69) is 26.9 Å². The standard InChI is InChI=1S/C14H15N5/c15-9-13-14(17-10-5-7-16-8-6-10)11-3-1-2-4-12(11)18-19-13/h1-4,10,16H,5-8H2,(H,17,18). The number of hydrogen-bond acceptors (Lipinski definition) is 5. The van der Waals surface area contributed by atoms with Gasteiger partial charge in [-0.25, -0.2) is 0 Å². The first-order valence-electron chi connectivity index (χ1n) is 6.51. The Morgan fingerprint density at radius 3 is 2.79 bits per heavy atom. The van der Waals surface area contributed by atoms with Crippen LogP contribution in [0.2, 0.25) is 0 Å². The first-order valence-corrected chi connectivity index (χ1v) is 6.51. The summed E-state index contributed by atoms with van der Waals surface area (Å²) in [4.78, 5) is 0. The van der Waals surface area contributed by atoms with Crippen molar-refractivity contribution in [1.29, 1.82) is 5.26 Å². The summed E-state index contributed by atoms with van der Waals surface area (Å²) < 4.78 is 0. The lowest BCUT2D eigenvalue weighted by molar-refractivity contribution is 0.479. The number of aromatic nitrogens is 2. The molecule has 0 unspecified atom stereocenters. The molecular weight excluding hydrogens is 238 g/mol. The lowest BCUT2D eigenvalue weighted by atomic mass is 10.1. The predicted molar refractivity (Wildman–Crippen MR) is 73.8 cm³/mol. The maximum atomic E-state index is 9.20. The van der Waals surface area contributed by atoms with Crippen LogP contribution in [-0.4, -0.2) is 29.3 Å². The molecule has 1 aliphatic rings. The Balaban J connectivity index is 2.02. The number of nitrogens with one attached hydrogen (secondary N) is 2. The molecule has 1 saturated heterocycles. The highest BCUT2D eigenvalue weighted by Gasteiger charge is 2.17. The van der Waals surface area contributed by atoms with Gasteiger partial charge in [-0.05, 0) is 32.0 Å². The van der Waals surface area contributed by atoms with Gasteiger partial charge in [0.05, 0.1) is 11.2 Å². The maximum absolute atomic E-state index is 9.20. The van der Waals surface area contributed by atoms with Gasteiger partial charge in [0.15, 0.2) is 5.69 Å². The number of hydrogen-bond donors (Lipinski definition) is 2. The van der Waals surface area contributed by atoms with Crippen molar-refractivity contribution < 1.29 is 0 Å². The van der Waals surface area contributed by atoms with Crippen molar-refractivity contribution in [2.45, 2.75) is 18.9 Å². The molecule has 1 fully saturated rings. The fraction of sp³-hybridized carbons (Fsp3) is 0.357. The number of nitriles is 1. The van der Waals surface area contributed by atoms with Gasteiger partial charge in [0.25, 0.3) is 0 Å². The molecule has 5 heteroatoms. The Bertz CT molecular complexity index is 625. The van der Waals surface area contributed by atoms with E-state index in [9.17, 15) is 5.26 Å². The molecule has 0 aliphatic carbocycles. The molecule has 3 rings (SSSR count). The lowest BCUT2D eigenvalue weighted by Gasteiger charge is -2.25. The maximum Gasteiger partial charge on any atom is 0.186 e. The summed E-state index contributed by atoms with van der Waals surface area (Å²) in [5.74, 6) is 0. The molecule has 5 nitrogen and oxygen atoms in total. The molecule has 0 radical (unpaired) electrons. The van der Waals surface area contributed by atoms with E-state index in [-0.39, 0.29) is 0 Å². The van der Waals surface area contributed by atoms with Gasteiger partial charge in [0, 0.05) is 11.4 Å². The summed E-state index contributed by atoms with van der Waals surface area (Å²) in [6.45, 7) is 2.02. The first kappa shape index (κ1) is 11.9. The highest BCUT2D eigenvalue weighted by Crippen LogP contribution is 2.25. The second kappa shape index (κ2) is 5.21. The summed E-state index contributed by atoms with van der Waals surface area (Å²) in [5, 5.41) is 25.1. The summed E-state index contributed by atoms with van der Waals surface area (Å²) in [5.41, 5.74) is 2.01. The summed E-state index contributed by atoms with van der Waals surface area (Å²) in [7, 11) is 0. The Morgan fingerprint density at radius 2 is 2.00 bits per heavy atom. The van der Waals surface area contributed by atoms with E-state index >= 15 is 0 Å². The summed E-state index contributed by atoms with van der Waals surface area (Å²) in [6.07, 6.45) is 2.11. The van der Waals surface area contributed by atoms with Gasteiger partial charge in [-0.3, -0.25) is 0 Å². The quantitative estimate of drug-likeness (QED) is 0.851. The van der Waals surface area contributed by atoms with Crippen molar-refractivity contribution in [2.24, 2.45) is 0 Å². The van der Waals surface area contributed by atoms with Crippen LogP contribution >= 0.6 is 0 Å². The lowest BCUT2D eigenvalue weighted by Crippen LogP contribution is -2.35. The number of fused-ring (bicyclic) bond motifs is 1. The van der Waals surface area contributed by atoms with Gasteiger partial charge in [-0.15, -0.1) is 10.2 Å². The van der Waals surface area contributed by atoms with Gasteiger partial charge < -0.3 is 10.6 Å². The zero-order valence-electron chi connectivity index (χ0n) is 10.6. The molecule has 96 valence electrons. The topological polar surface area (TPSA) is 73.6 Å². The number of piperidine rings is 1. The molecule has 19 heavy (non-hydrogen) atoms. The number of nitrogens with zero attached hydrogens (tertiary/aromatic N) is 3. The highest BCUT2D eigenvalue weighted by molar-refractivity contribution is 5.92. The molecule has 2 N–H and O–H groups in total. The Kier molecular flexibility index (Phi) is 3.25. The second-order valence-corrected chi connectivity index (χ2v) is 4.72. The van der Waals surface area contributed by atoms with E-state index in [1.165, 1.54) is 0 Å². The fourth-order valence-corrected chi connectivity index (χ4v) is 2.45. The van der Waals surface area contributed by atoms with Crippen LogP contribution in [0.15, 0.2) is 24.3 Å². The van der Waals surface area contributed by atoms with Crippen molar-refractivity contribution in [2.75, 3.05) is 18.4 Å². The van der Waals surface area contributed by atoms with Crippen molar-refractivity contribution in [3.8, 4) is 6.07 Å². The van der Waals surface area contributed by atoms with Gasteiger partial charge >= 0.3 is 0 Å². The third kappa shape index (κ3) is 2.35. The Morgan fingerprint density at radius 1 is 1.21 bits per heavy atom. The van der Waals surface area contributed by atoms with E-state index in [0.717, 1.165) is 42.5 Å². The molecule has 1 aliphatic heterocycles. The average molecular weight is 253 g/mol. The summed E-state index contributed by atoms with van der Waals surface area (Å²) >= 11 is 0. The van der Waals surface area contributed by atoms with Gasteiger partial charge in [-0.1, -0.05) is 18.2 Å². The molecule has 1 aromatic heterocycles. The van der Waals surface area contributed by atoms with Crippen molar-refractivity contribution >= 4 is 16.6 Å². The van der Waals surface area contributed by atoms with Crippen molar-refractivity contribution in [3.63, 3.8) is 0 Å². The molecule has 1 aromatic carbocycles. The molecule has 2 aromatic rings. The molecule has 2 heterocycles. The fourth-order valence-electron chi connectivity index (χ4n) is 2.45. The van der Waals surface area contributed by atoms with Gasteiger partial charge in [0.1, 0.15) is 6.07 Å². The average Bonchev–Trinajstić information content (AvgIpc) is 2.49. The minimum absolute atomic E-state index is 0.372. The largest absolute Gasteiger partial charge is 0.379 e. The normalized spacial score (nSPS) is 16.2. The number of benzene rings is 1. The summed E-state index contributed by atoms with van der Waals surface area (Å²) in [6, 6.07) is 10.3. The Labute approximate surface area is 111 Å². The molecular formula is C14H15N5. The molecule has 0 bridgehead atoms. The van der Waals surface area contributed by atoms with Crippen LogP contribution in [0.3, 0.4) is 0 Å². The molecule has 0 amide bonds. The first-order chi connectivity index (χ1) is 9.38. The van der Waals surface area contributed by atoms with Crippen LogP contribution in [0, 0.1) is 11.3 Å². The smallest absolute Gasteiger partial charge is 0.186 e. The van der Waals surface area contributed by atoms with Crippen molar-refractivity contribution in [1.82, 2.24) is 15.5 Å². The molecule has 0 spiro atoms. The molecule has 0 atom stereocenters. The SMILES string of the molecule is N#Cc1nnc2ccccc2c1NC1CCNCC1. The van der Waals surface area contributed by atoms with E-state index in [4.69, 9.17) is 0 Å². The number of anilines is 1. The van der Waals surface area contributed by atoms with E-state index in [0.29, 0.717) is 11.7 Å². The zero-order chi connectivity index (χ0) is 13.1. The minimum atomic E-state index is 0.372. The van der Waals surface area contributed by atoms with E-state index in [1.807, 2.05) is 24.3 Å². The monoisotopic (exact) mass is 253 g/mol. The third-order valence-corrected chi connectivity index (χ3v) is 3.46. The minimum Gasteiger partial charge on any atom is -0.379 e. The van der Waals surface area contributed by atoms with E-state index in [1.54, 1.807) is 0 Å². The van der Waals surface area contributed by atoms with Gasteiger partial charge in [-0.2, -0.15) is 5.26 Å². The van der Waals surface area contributed by atoms with Crippen LogP contribution in [0.4, 0.5) is 5.69 Å².